The van der Waals surface area contributed by atoms with E-state index >= 15 is 0 Å². The SMILES string of the molecule is Cc1ccc(C#CN(S(=O)(=O)c2ccc(C)cc2)S(=O)(=O)c2ccc(C)cc2)cc1. The monoisotopic (exact) mass is 439 g/mol. The van der Waals surface area contributed by atoms with Crippen molar-refractivity contribution in [3.05, 3.63) is 95.1 Å². The first kappa shape index (κ1) is 21.6. The fraction of sp³-hybridized carbons (Fsp3) is 0.130. The van der Waals surface area contributed by atoms with Gasteiger partial charge in [0.05, 0.1) is 9.79 Å². The molecule has 0 atom stereocenters. The summed E-state index contributed by atoms with van der Waals surface area (Å²) in [5.74, 6) is 2.66. The molecule has 0 saturated carbocycles. The first-order valence-corrected chi connectivity index (χ1v) is 12.0. The van der Waals surface area contributed by atoms with Crippen LogP contribution in [0.1, 0.15) is 22.3 Å². The first-order chi connectivity index (χ1) is 14.1. The summed E-state index contributed by atoms with van der Waals surface area (Å²) in [5, 5.41) is 0. The molecule has 0 amide bonds. The van der Waals surface area contributed by atoms with Crippen molar-refractivity contribution in [2.75, 3.05) is 0 Å². The van der Waals surface area contributed by atoms with Crippen molar-refractivity contribution in [3.8, 4) is 12.0 Å². The average Bonchev–Trinajstić information content (AvgIpc) is 2.70. The zero-order chi connectivity index (χ0) is 21.9. The van der Waals surface area contributed by atoms with Gasteiger partial charge in [-0.1, -0.05) is 53.1 Å². The molecule has 7 heteroatoms. The summed E-state index contributed by atoms with van der Waals surface area (Å²) in [5.41, 5.74) is 3.22. The number of benzene rings is 3. The molecule has 0 N–H and O–H groups in total. The Hall–Kier alpha value is -3.08. The van der Waals surface area contributed by atoms with E-state index in [0.717, 1.165) is 16.7 Å². The maximum absolute atomic E-state index is 13.3. The maximum Gasteiger partial charge on any atom is 0.284 e. The lowest BCUT2D eigenvalue weighted by Crippen LogP contribution is -2.33. The van der Waals surface area contributed by atoms with Gasteiger partial charge in [-0.05, 0) is 63.1 Å². The van der Waals surface area contributed by atoms with Crippen LogP contribution in [-0.2, 0) is 20.0 Å². The second-order valence-corrected chi connectivity index (χ2v) is 10.7. The molecular weight excluding hydrogens is 418 g/mol. The van der Waals surface area contributed by atoms with Crippen LogP contribution in [0.15, 0.2) is 82.6 Å². The molecule has 0 radical (unpaired) electrons. The molecule has 5 nitrogen and oxygen atoms in total. The molecule has 30 heavy (non-hydrogen) atoms. The third kappa shape index (κ3) is 4.56. The van der Waals surface area contributed by atoms with Gasteiger partial charge in [0, 0.05) is 11.6 Å². The molecule has 0 bridgehead atoms. The van der Waals surface area contributed by atoms with E-state index in [1.807, 2.05) is 32.9 Å². The second-order valence-electron chi connectivity index (χ2n) is 6.94. The summed E-state index contributed by atoms with van der Waals surface area (Å²) in [6, 6.07) is 21.3. The van der Waals surface area contributed by atoms with Crippen LogP contribution in [0, 0.1) is 32.7 Å². The van der Waals surface area contributed by atoms with E-state index in [4.69, 9.17) is 0 Å². The number of sulfonamides is 2. The van der Waals surface area contributed by atoms with Crippen molar-refractivity contribution < 1.29 is 16.8 Å². The van der Waals surface area contributed by atoms with E-state index in [2.05, 4.69) is 12.0 Å². The predicted molar refractivity (Wildman–Crippen MR) is 117 cm³/mol. The zero-order valence-corrected chi connectivity index (χ0v) is 18.5. The van der Waals surface area contributed by atoms with Crippen molar-refractivity contribution in [2.24, 2.45) is 0 Å². The van der Waals surface area contributed by atoms with E-state index in [1.165, 1.54) is 24.3 Å². The number of rotatable bonds is 4. The van der Waals surface area contributed by atoms with E-state index < -0.39 is 20.0 Å². The second kappa shape index (κ2) is 8.34. The molecule has 0 heterocycles. The van der Waals surface area contributed by atoms with Crippen molar-refractivity contribution in [3.63, 3.8) is 0 Å². The highest BCUT2D eigenvalue weighted by atomic mass is 32.3. The summed E-state index contributed by atoms with van der Waals surface area (Å²) in [7, 11) is -8.88. The van der Waals surface area contributed by atoms with Crippen LogP contribution in [-0.4, -0.2) is 20.5 Å². The fourth-order valence-electron chi connectivity index (χ4n) is 2.61. The highest BCUT2D eigenvalue weighted by Gasteiger charge is 2.34. The molecule has 0 aliphatic rings. The van der Waals surface area contributed by atoms with E-state index in [-0.39, 0.29) is 13.5 Å². The third-order valence-electron chi connectivity index (χ3n) is 4.42. The van der Waals surface area contributed by atoms with Gasteiger partial charge in [-0.3, -0.25) is 0 Å². The quantitative estimate of drug-likeness (QED) is 0.455. The Bertz CT molecular complexity index is 1240. The Labute approximate surface area is 178 Å². The van der Waals surface area contributed by atoms with Gasteiger partial charge in [0.2, 0.25) is 0 Å². The Balaban J connectivity index is 2.17. The van der Waals surface area contributed by atoms with Gasteiger partial charge in [0.1, 0.15) is 0 Å². The van der Waals surface area contributed by atoms with Gasteiger partial charge < -0.3 is 0 Å². The van der Waals surface area contributed by atoms with E-state index in [1.54, 1.807) is 36.4 Å². The van der Waals surface area contributed by atoms with Gasteiger partial charge in [-0.15, -0.1) is 3.71 Å². The molecule has 0 fully saturated rings. The third-order valence-corrected chi connectivity index (χ3v) is 8.39. The summed E-state index contributed by atoms with van der Waals surface area (Å²) in [4.78, 5) is -0.302. The van der Waals surface area contributed by atoms with Gasteiger partial charge in [-0.25, -0.2) is 0 Å². The predicted octanol–water partition coefficient (Wildman–Crippen LogP) is 4.00. The number of nitrogens with zero attached hydrogens (tertiary/aromatic N) is 1. The minimum Gasteiger partial charge on any atom is -0.199 e. The van der Waals surface area contributed by atoms with Crippen molar-refractivity contribution >= 4 is 20.0 Å². The van der Waals surface area contributed by atoms with Crippen LogP contribution in [0.25, 0.3) is 0 Å². The Morgan fingerprint density at radius 3 is 1.27 bits per heavy atom. The number of aryl methyl sites for hydroxylation is 3. The number of hydrogen-bond acceptors (Lipinski definition) is 4. The lowest BCUT2D eigenvalue weighted by molar-refractivity contribution is 0.542. The minimum absolute atomic E-state index is 0.151. The molecule has 0 aromatic heterocycles. The standard InChI is InChI=1S/C23H21NO4S2/c1-18-4-10-21(11-5-18)16-17-24(29(25,26)22-12-6-19(2)7-13-22)30(27,28)23-14-8-20(3)9-15-23/h4-15H,1-3H3. The first-order valence-electron chi connectivity index (χ1n) is 9.13. The van der Waals surface area contributed by atoms with E-state index in [0.29, 0.717) is 5.56 Å². The molecule has 0 unspecified atom stereocenters. The smallest absolute Gasteiger partial charge is 0.199 e. The molecule has 0 saturated heterocycles. The Kier molecular flexibility index (Phi) is 6.01. The van der Waals surface area contributed by atoms with Crippen molar-refractivity contribution in [2.45, 2.75) is 30.6 Å². The maximum atomic E-state index is 13.3. The average molecular weight is 440 g/mol. The molecule has 3 aromatic carbocycles. The van der Waals surface area contributed by atoms with Crippen LogP contribution < -0.4 is 0 Å². The van der Waals surface area contributed by atoms with Crippen LogP contribution in [0.2, 0.25) is 0 Å². The molecule has 0 aliphatic heterocycles. The number of hydrogen-bond donors (Lipinski definition) is 0. The lowest BCUT2D eigenvalue weighted by atomic mass is 10.2. The van der Waals surface area contributed by atoms with Crippen LogP contribution in [0.4, 0.5) is 0 Å². The van der Waals surface area contributed by atoms with Crippen molar-refractivity contribution in [1.29, 1.82) is 0 Å². The summed E-state index contributed by atoms with van der Waals surface area (Å²) < 4.78 is 53.3. The fourth-order valence-corrected chi connectivity index (χ4v) is 5.83. The summed E-state index contributed by atoms with van der Waals surface area (Å²) in [6.07, 6.45) is 0. The summed E-state index contributed by atoms with van der Waals surface area (Å²) in [6.45, 7) is 5.54. The highest BCUT2D eigenvalue weighted by molar-refractivity contribution is 8.04. The molecular formula is C23H21NO4S2. The molecule has 3 rings (SSSR count). The minimum atomic E-state index is -4.44. The van der Waals surface area contributed by atoms with Crippen LogP contribution in [0.5, 0.6) is 0 Å². The molecule has 154 valence electrons. The van der Waals surface area contributed by atoms with E-state index in [9.17, 15) is 16.8 Å². The lowest BCUT2D eigenvalue weighted by Gasteiger charge is -2.18. The largest absolute Gasteiger partial charge is 0.284 e. The topological polar surface area (TPSA) is 71.5 Å². The summed E-state index contributed by atoms with van der Waals surface area (Å²) >= 11 is 0. The van der Waals surface area contributed by atoms with Crippen LogP contribution >= 0.6 is 0 Å². The normalized spacial score (nSPS) is 11.4. The van der Waals surface area contributed by atoms with Crippen LogP contribution in [0.3, 0.4) is 0 Å². The molecule has 3 aromatic rings. The molecule has 0 aliphatic carbocycles. The Morgan fingerprint density at radius 1 is 0.567 bits per heavy atom. The highest BCUT2D eigenvalue weighted by Crippen LogP contribution is 2.24. The van der Waals surface area contributed by atoms with Gasteiger partial charge in [0.25, 0.3) is 20.0 Å². The van der Waals surface area contributed by atoms with Crippen molar-refractivity contribution in [1.82, 2.24) is 3.71 Å². The van der Waals surface area contributed by atoms with Gasteiger partial charge in [-0.2, -0.15) is 16.8 Å². The van der Waals surface area contributed by atoms with Gasteiger partial charge in [0.15, 0.2) is 0 Å². The zero-order valence-electron chi connectivity index (χ0n) is 16.8. The Morgan fingerprint density at radius 2 is 0.900 bits per heavy atom. The molecule has 0 spiro atoms. The van der Waals surface area contributed by atoms with Gasteiger partial charge >= 0.3 is 0 Å².